The quantitative estimate of drug-likeness (QED) is 0.439. The molecule has 0 atom stereocenters. The van der Waals surface area contributed by atoms with Crippen molar-refractivity contribution < 1.29 is 19.8 Å². The number of benzene rings is 1. The van der Waals surface area contributed by atoms with Crippen LogP contribution in [-0.2, 0) is 5.41 Å². The molecule has 4 heteroatoms. The lowest BCUT2D eigenvalue weighted by Crippen LogP contribution is -2.29. The van der Waals surface area contributed by atoms with Crippen molar-refractivity contribution in [3.8, 4) is 0 Å². The van der Waals surface area contributed by atoms with Gasteiger partial charge in [0.1, 0.15) is 0 Å². The number of carboxylic acid groups (broad SMARTS) is 2. The lowest BCUT2D eigenvalue weighted by Gasteiger charge is -2.34. The predicted octanol–water partition coefficient (Wildman–Crippen LogP) is 5.05. The zero-order valence-electron chi connectivity index (χ0n) is 14.3. The number of unbranched alkanes of at least 4 members (excludes halogenated alkanes) is 2. The van der Waals surface area contributed by atoms with Gasteiger partial charge in [-0.3, -0.25) is 0 Å². The molecule has 0 spiro atoms. The Balaban J connectivity index is 3.58. The first-order valence-electron chi connectivity index (χ1n) is 8.25. The molecular formula is C20H26O4. The average molecular weight is 330 g/mol. The van der Waals surface area contributed by atoms with Gasteiger partial charge in [-0.1, -0.05) is 50.5 Å². The molecule has 1 aromatic carbocycles. The monoisotopic (exact) mass is 330 g/mol. The Morgan fingerprint density at radius 3 is 2.17 bits per heavy atom. The van der Waals surface area contributed by atoms with Crippen LogP contribution in [0.25, 0.3) is 0 Å². The lowest BCUT2D eigenvalue weighted by atomic mass is 9.69. The molecule has 24 heavy (non-hydrogen) atoms. The van der Waals surface area contributed by atoms with Gasteiger partial charge in [-0.15, -0.1) is 13.2 Å². The second-order valence-electron chi connectivity index (χ2n) is 6.06. The van der Waals surface area contributed by atoms with E-state index in [1.54, 1.807) is 24.3 Å². The molecule has 4 nitrogen and oxygen atoms in total. The van der Waals surface area contributed by atoms with Crippen LogP contribution in [-0.4, -0.2) is 22.2 Å². The largest absolute Gasteiger partial charge is 0.478 e. The highest BCUT2D eigenvalue weighted by Crippen LogP contribution is 2.40. The second kappa shape index (κ2) is 9.06. The van der Waals surface area contributed by atoms with Crippen molar-refractivity contribution in [1.82, 2.24) is 0 Å². The third-order valence-electron chi connectivity index (χ3n) is 4.41. The molecule has 0 radical (unpaired) electrons. The van der Waals surface area contributed by atoms with Gasteiger partial charge in [0.25, 0.3) is 0 Å². The maximum Gasteiger partial charge on any atom is 0.336 e. The van der Waals surface area contributed by atoms with Gasteiger partial charge in [0.2, 0.25) is 0 Å². The Kier molecular flexibility index (Phi) is 7.43. The summed E-state index contributed by atoms with van der Waals surface area (Å²) in [7, 11) is 0. The molecule has 0 aliphatic heterocycles. The van der Waals surface area contributed by atoms with Crippen LogP contribution in [0, 0.1) is 0 Å². The molecule has 1 rings (SSSR count). The molecule has 130 valence electrons. The van der Waals surface area contributed by atoms with Crippen LogP contribution in [0.15, 0.2) is 43.5 Å². The third kappa shape index (κ3) is 4.34. The molecule has 1 aromatic rings. The van der Waals surface area contributed by atoms with Crippen molar-refractivity contribution >= 4 is 11.9 Å². The number of carboxylic acids is 2. The minimum Gasteiger partial charge on any atom is -0.478 e. The van der Waals surface area contributed by atoms with E-state index in [1.165, 1.54) is 6.07 Å². The Morgan fingerprint density at radius 2 is 1.71 bits per heavy atom. The summed E-state index contributed by atoms with van der Waals surface area (Å²) < 4.78 is 0. The Morgan fingerprint density at radius 1 is 1.08 bits per heavy atom. The maximum absolute atomic E-state index is 11.8. The van der Waals surface area contributed by atoms with E-state index in [9.17, 15) is 19.8 Å². The van der Waals surface area contributed by atoms with E-state index < -0.39 is 17.4 Å². The summed E-state index contributed by atoms with van der Waals surface area (Å²) in [5.74, 6) is -2.44. The van der Waals surface area contributed by atoms with Crippen molar-refractivity contribution in [3.63, 3.8) is 0 Å². The molecule has 0 saturated carbocycles. The van der Waals surface area contributed by atoms with Gasteiger partial charge >= 0.3 is 11.9 Å². The molecule has 0 bridgehead atoms. The van der Waals surface area contributed by atoms with Crippen LogP contribution < -0.4 is 0 Å². The topological polar surface area (TPSA) is 74.6 Å². The minimum absolute atomic E-state index is 0.120. The normalized spacial score (nSPS) is 11.0. The van der Waals surface area contributed by atoms with Gasteiger partial charge in [-0.05, 0) is 30.9 Å². The van der Waals surface area contributed by atoms with Crippen LogP contribution in [0.4, 0.5) is 0 Å². The molecular weight excluding hydrogens is 304 g/mol. The minimum atomic E-state index is -1.23. The zero-order valence-corrected chi connectivity index (χ0v) is 14.3. The summed E-state index contributed by atoms with van der Waals surface area (Å²) in [6.07, 6.45) is 8.49. The summed E-state index contributed by atoms with van der Waals surface area (Å²) in [6, 6.07) is 4.69. The molecule has 0 saturated heterocycles. The summed E-state index contributed by atoms with van der Waals surface area (Å²) in [6.45, 7) is 9.74. The van der Waals surface area contributed by atoms with Crippen molar-refractivity contribution in [2.45, 2.75) is 50.9 Å². The number of aromatic carboxylic acids is 2. The number of hydrogen-bond donors (Lipinski definition) is 2. The van der Waals surface area contributed by atoms with E-state index in [0.717, 1.165) is 25.7 Å². The number of carbonyl (C=O) groups is 2. The van der Waals surface area contributed by atoms with Gasteiger partial charge in [0, 0.05) is 5.41 Å². The van der Waals surface area contributed by atoms with Crippen LogP contribution in [0.3, 0.4) is 0 Å². The highest BCUT2D eigenvalue weighted by atomic mass is 16.4. The number of allylic oxidation sites excluding steroid dienone is 2. The van der Waals surface area contributed by atoms with Gasteiger partial charge in [0.15, 0.2) is 0 Å². The number of rotatable bonds is 11. The van der Waals surface area contributed by atoms with Gasteiger partial charge in [-0.25, -0.2) is 9.59 Å². The van der Waals surface area contributed by atoms with Crippen molar-refractivity contribution in [2.75, 3.05) is 0 Å². The molecule has 2 N–H and O–H groups in total. The fourth-order valence-corrected chi connectivity index (χ4v) is 3.31. The highest BCUT2D eigenvalue weighted by molar-refractivity contribution is 6.03. The summed E-state index contributed by atoms with van der Waals surface area (Å²) in [4.78, 5) is 23.3. The van der Waals surface area contributed by atoms with E-state index in [2.05, 4.69) is 20.1 Å². The standard InChI is InChI=1S/C20H26O4/c1-4-7-8-14-20(12-5-2,13-6-3)16-11-9-10-15(18(21)22)17(16)19(23)24/h5-6,9-11H,2-4,7-8,12-14H2,1H3,(H,21,22)(H,23,24). The maximum atomic E-state index is 11.8. The van der Waals surface area contributed by atoms with Crippen molar-refractivity contribution in [2.24, 2.45) is 0 Å². The first-order chi connectivity index (χ1) is 11.4. The van der Waals surface area contributed by atoms with Gasteiger partial charge < -0.3 is 10.2 Å². The van der Waals surface area contributed by atoms with Crippen LogP contribution in [0.1, 0.15) is 71.7 Å². The first-order valence-corrected chi connectivity index (χ1v) is 8.25. The molecule has 0 amide bonds. The highest BCUT2D eigenvalue weighted by Gasteiger charge is 2.35. The smallest absolute Gasteiger partial charge is 0.336 e. The molecule has 0 fully saturated rings. The number of hydrogen-bond acceptors (Lipinski definition) is 2. The van der Waals surface area contributed by atoms with E-state index in [1.807, 2.05) is 0 Å². The predicted molar refractivity (Wildman–Crippen MR) is 95.8 cm³/mol. The first kappa shape index (κ1) is 19.7. The van der Waals surface area contributed by atoms with E-state index in [4.69, 9.17) is 0 Å². The molecule has 0 aliphatic carbocycles. The Hall–Kier alpha value is -2.36. The van der Waals surface area contributed by atoms with Crippen LogP contribution >= 0.6 is 0 Å². The Labute approximate surface area is 143 Å². The fraction of sp³-hybridized carbons (Fsp3) is 0.400. The average Bonchev–Trinajstić information content (AvgIpc) is 2.54. The SMILES string of the molecule is C=CCC(CC=C)(CCCCC)c1cccc(C(=O)O)c1C(=O)O. The van der Waals surface area contributed by atoms with E-state index in [0.29, 0.717) is 18.4 Å². The summed E-state index contributed by atoms with van der Waals surface area (Å²) in [5, 5.41) is 19.0. The van der Waals surface area contributed by atoms with Crippen LogP contribution in [0.2, 0.25) is 0 Å². The molecule has 0 aliphatic rings. The van der Waals surface area contributed by atoms with Gasteiger partial charge in [0.05, 0.1) is 11.1 Å². The van der Waals surface area contributed by atoms with E-state index >= 15 is 0 Å². The van der Waals surface area contributed by atoms with Gasteiger partial charge in [-0.2, -0.15) is 0 Å². The molecule has 0 aromatic heterocycles. The molecule has 0 unspecified atom stereocenters. The molecule has 0 heterocycles. The second-order valence-corrected chi connectivity index (χ2v) is 6.06. The lowest BCUT2D eigenvalue weighted by molar-refractivity contribution is 0.0648. The summed E-state index contributed by atoms with van der Waals surface area (Å²) >= 11 is 0. The summed E-state index contributed by atoms with van der Waals surface area (Å²) in [5.41, 5.74) is -0.221. The van der Waals surface area contributed by atoms with Crippen LogP contribution in [0.5, 0.6) is 0 Å². The fourth-order valence-electron chi connectivity index (χ4n) is 3.31. The van der Waals surface area contributed by atoms with Crippen molar-refractivity contribution in [1.29, 1.82) is 0 Å². The van der Waals surface area contributed by atoms with Crippen molar-refractivity contribution in [3.05, 3.63) is 60.2 Å². The van der Waals surface area contributed by atoms with E-state index in [-0.39, 0.29) is 11.1 Å². The third-order valence-corrected chi connectivity index (χ3v) is 4.41. The Bertz CT molecular complexity index is 606. The zero-order chi connectivity index (χ0) is 18.2.